The molecule has 3 rings (SSSR count). The van der Waals surface area contributed by atoms with Gasteiger partial charge in [-0.05, 0) is 74.2 Å². The van der Waals surface area contributed by atoms with Crippen LogP contribution in [0.5, 0.6) is 5.75 Å². The monoisotopic (exact) mass is 385 g/mol. The van der Waals surface area contributed by atoms with Gasteiger partial charge in [0, 0.05) is 18.1 Å². The zero-order chi connectivity index (χ0) is 19.2. The van der Waals surface area contributed by atoms with Crippen LogP contribution < -0.4 is 10.2 Å². The molecule has 0 radical (unpaired) electrons. The Morgan fingerprint density at radius 1 is 1.19 bits per heavy atom. The first kappa shape index (κ1) is 19.2. The summed E-state index contributed by atoms with van der Waals surface area (Å²) in [6.07, 6.45) is 2.17. The van der Waals surface area contributed by atoms with Crippen LogP contribution in [0, 0.1) is 6.92 Å². The Hall–Kier alpha value is -2.53. The number of nitrogens with one attached hydrogen (secondary N) is 1. The van der Waals surface area contributed by atoms with Gasteiger partial charge in [0.15, 0.2) is 6.61 Å². The Bertz CT molecular complexity index is 828. The number of likely N-dealkylation sites (tertiary alicyclic amines) is 1. The maximum atomic E-state index is 12.0. The van der Waals surface area contributed by atoms with E-state index in [0.29, 0.717) is 10.8 Å². The molecule has 0 aromatic heterocycles. The zero-order valence-electron chi connectivity index (χ0n) is 15.7. The summed E-state index contributed by atoms with van der Waals surface area (Å²) in [7, 11) is 0. The highest BCUT2D eigenvalue weighted by molar-refractivity contribution is 6.31. The summed E-state index contributed by atoms with van der Waals surface area (Å²) in [6.45, 7) is 5.66. The molecule has 0 atom stereocenters. The lowest BCUT2D eigenvalue weighted by Crippen LogP contribution is -2.32. The van der Waals surface area contributed by atoms with Crippen molar-refractivity contribution >= 4 is 28.9 Å². The molecule has 1 amide bonds. The Labute approximate surface area is 165 Å². The minimum atomic E-state index is 0.0512. The lowest BCUT2D eigenvalue weighted by molar-refractivity contribution is -0.132. The van der Waals surface area contributed by atoms with Crippen molar-refractivity contribution < 1.29 is 9.53 Å². The summed E-state index contributed by atoms with van der Waals surface area (Å²) in [5.74, 6) is 0.729. The van der Waals surface area contributed by atoms with Crippen LogP contribution in [0.2, 0.25) is 5.02 Å². The number of rotatable bonds is 6. The van der Waals surface area contributed by atoms with Crippen LogP contribution in [-0.4, -0.2) is 36.2 Å². The minimum Gasteiger partial charge on any atom is -0.484 e. The third-order valence-electron chi connectivity index (χ3n) is 4.62. The van der Waals surface area contributed by atoms with E-state index in [0.717, 1.165) is 48.5 Å². The number of hydrazone groups is 1. The number of ether oxygens (including phenoxy) is 1. The molecule has 5 nitrogen and oxygen atoms in total. The molecule has 0 unspecified atom stereocenters. The van der Waals surface area contributed by atoms with Gasteiger partial charge in [-0.1, -0.05) is 17.7 Å². The largest absolute Gasteiger partial charge is 0.484 e. The molecule has 1 heterocycles. The predicted molar refractivity (Wildman–Crippen MR) is 110 cm³/mol. The van der Waals surface area contributed by atoms with E-state index in [9.17, 15) is 4.79 Å². The van der Waals surface area contributed by atoms with Crippen LogP contribution in [0.4, 0.5) is 5.69 Å². The van der Waals surface area contributed by atoms with Gasteiger partial charge in [0.2, 0.25) is 0 Å². The van der Waals surface area contributed by atoms with Gasteiger partial charge >= 0.3 is 0 Å². The van der Waals surface area contributed by atoms with Gasteiger partial charge in [0.05, 0.1) is 11.4 Å². The fourth-order valence-corrected chi connectivity index (χ4v) is 3.05. The van der Waals surface area contributed by atoms with Crippen molar-refractivity contribution in [2.45, 2.75) is 26.7 Å². The highest BCUT2D eigenvalue weighted by atomic mass is 35.5. The zero-order valence-corrected chi connectivity index (χ0v) is 16.4. The first-order valence-electron chi connectivity index (χ1n) is 9.10. The van der Waals surface area contributed by atoms with Gasteiger partial charge < -0.3 is 9.64 Å². The van der Waals surface area contributed by atoms with E-state index < -0.39 is 0 Å². The Morgan fingerprint density at radius 2 is 1.89 bits per heavy atom. The summed E-state index contributed by atoms with van der Waals surface area (Å²) in [5, 5.41) is 5.10. The normalized spacial score (nSPS) is 14.3. The quantitative estimate of drug-likeness (QED) is 0.589. The number of benzene rings is 2. The van der Waals surface area contributed by atoms with Crippen molar-refractivity contribution in [1.82, 2.24) is 4.90 Å². The van der Waals surface area contributed by atoms with Gasteiger partial charge in [-0.25, -0.2) is 0 Å². The van der Waals surface area contributed by atoms with E-state index >= 15 is 0 Å². The topological polar surface area (TPSA) is 53.9 Å². The Balaban J connectivity index is 1.55. The molecule has 1 N–H and O–H groups in total. The predicted octanol–water partition coefficient (Wildman–Crippen LogP) is 4.49. The summed E-state index contributed by atoms with van der Waals surface area (Å²) in [4.78, 5) is 13.9. The number of halogens is 1. The maximum absolute atomic E-state index is 12.0. The molecule has 0 spiro atoms. The molecule has 0 aliphatic carbocycles. The second-order valence-corrected chi connectivity index (χ2v) is 7.08. The summed E-state index contributed by atoms with van der Waals surface area (Å²) in [6, 6.07) is 13.3. The van der Waals surface area contributed by atoms with E-state index in [1.54, 1.807) is 0 Å². The lowest BCUT2D eigenvalue weighted by atomic mass is 10.1. The van der Waals surface area contributed by atoms with Gasteiger partial charge in [0.25, 0.3) is 5.91 Å². The number of carbonyl (C=O) groups excluding carboxylic acids is 1. The van der Waals surface area contributed by atoms with Gasteiger partial charge in [-0.2, -0.15) is 5.10 Å². The van der Waals surface area contributed by atoms with E-state index in [2.05, 4.69) is 10.5 Å². The number of amides is 1. The molecule has 1 aliphatic rings. The average Bonchev–Trinajstić information content (AvgIpc) is 3.22. The first-order valence-corrected chi connectivity index (χ1v) is 9.48. The third kappa shape index (κ3) is 5.23. The van der Waals surface area contributed by atoms with Gasteiger partial charge in [-0.15, -0.1) is 0 Å². The standard InChI is InChI=1S/C21H24ClN3O2/c1-15-5-8-18(13-20(15)22)24-23-16(2)17-6-9-19(10-7-17)27-14-21(26)25-11-3-4-12-25/h5-10,13,24H,3-4,11-12,14H2,1-2H3. The van der Waals surface area contributed by atoms with Crippen molar-refractivity contribution in [2.75, 3.05) is 25.1 Å². The van der Waals surface area contributed by atoms with Crippen LogP contribution in [0.25, 0.3) is 0 Å². The Kier molecular flexibility index (Phi) is 6.35. The molecule has 2 aromatic carbocycles. The van der Waals surface area contributed by atoms with Crippen LogP contribution in [0.15, 0.2) is 47.6 Å². The number of nitrogens with zero attached hydrogens (tertiary/aromatic N) is 2. The second-order valence-electron chi connectivity index (χ2n) is 6.67. The number of anilines is 1. The fourth-order valence-electron chi connectivity index (χ4n) is 2.87. The molecule has 27 heavy (non-hydrogen) atoms. The van der Waals surface area contributed by atoms with Crippen LogP contribution in [0.3, 0.4) is 0 Å². The van der Waals surface area contributed by atoms with Crippen molar-refractivity contribution in [3.05, 3.63) is 58.6 Å². The molecule has 2 aromatic rings. The summed E-state index contributed by atoms with van der Waals surface area (Å²) < 4.78 is 5.61. The molecule has 142 valence electrons. The van der Waals surface area contributed by atoms with Crippen molar-refractivity contribution in [2.24, 2.45) is 5.10 Å². The molecule has 0 saturated carbocycles. The highest BCUT2D eigenvalue weighted by Crippen LogP contribution is 2.20. The van der Waals surface area contributed by atoms with Crippen LogP contribution in [0.1, 0.15) is 30.9 Å². The molecular weight excluding hydrogens is 362 g/mol. The number of hydrogen-bond acceptors (Lipinski definition) is 4. The molecule has 1 fully saturated rings. The molecule has 1 aliphatic heterocycles. The highest BCUT2D eigenvalue weighted by Gasteiger charge is 2.18. The molecular formula is C21H24ClN3O2. The average molecular weight is 386 g/mol. The SMILES string of the molecule is CC(=NNc1ccc(C)c(Cl)c1)c1ccc(OCC(=O)N2CCCC2)cc1. The summed E-state index contributed by atoms with van der Waals surface area (Å²) >= 11 is 6.13. The van der Waals surface area contributed by atoms with E-state index in [-0.39, 0.29) is 12.5 Å². The summed E-state index contributed by atoms with van der Waals surface area (Å²) in [5.41, 5.74) is 6.70. The lowest BCUT2D eigenvalue weighted by Gasteiger charge is -2.15. The van der Waals surface area contributed by atoms with Crippen LogP contribution in [-0.2, 0) is 4.79 Å². The third-order valence-corrected chi connectivity index (χ3v) is 5.02. The van der Waals surface area contributed by atoms with Crippen molar-refractivity contribution in [1.29, 1.82) is 0 Å². The second kappa shape index (κ2) is 8.91. The smallest absolute Gasteiger partial charge is 0.260 e. The fraction of sp³-hybridized carbons (Fsp3) is 0.333. The molecule has 6 heteroatoms. The van der Waals surface area contributed by atoms with Gasteiger partial charge in [0.1, 0.15) is 5.75 Å². The number of aryl methyl sites for hydroxylation is 1. The number of hydrogen-bond donors (Lipinski definition) is 1. The first-order chi connectivity index (χ1) is 13.0. The van der Waals surface area contributed by atoms with Crippen molar-refractivity contribution in [3.8, 4) is 5.75 Å². The maximum Gasteiger partial charge on any atom is 0.260 e. The van der Waals surface area contributed by atoms with Crippen LogP contribution >= 0.6 is 11.6 Å². The van der Waals surface area contributed by atoms with E-state index in [1.165, 1.54) is 0 Å². The molecule has 1 saturated heterocycles. The van der Waals surface area contributed by atoms with Gasteiger partial charge in [-0.3, -0.25) is 10.2 Å². The molecule has 0 bridgehead atoms. The number of carbonyl (C=O) groups is 1. The van der Waals surface area contributed by atoms with E-state index in [1.807, 2.05) is 61.2 Å². The Morgan fingerprint density at radius 3 is 2.56 bits per heavy atom. The minimum absolute atomic E-state index is 0.0512. The van der Waals surface area contributed by atoms with Crippen molar-refractivity contribution in [3.63, 3.8) is 0 Å². The van der Waals surface area contributed by atoms with E-state index in [4.69, 9.17) is 16.3 Å².